The summed E-state index contributed by atoms with van der Waals surface area (Å²) in [5.41, 5.74) is 2.34. The van der Waals surface area contributed by atoms with Crippen LogP contribution in [-0.2, 0) is 6.61 Å². The second-order valence-electron chi connectivity index (χ2n) is 8.35. The van der Waals surface area contributed by atoms with Crippen LogP contribution in [0.2, 0.25) is 0 Å². The maximum absolute atomic E-state index is 12.8. The molecule has 1 amide bonds. The third-order valence-corrected chi connectivity index (χ3v) is 6.08. The Morgan fingerprint density at radius 2 is 1.91 bits per heavy atom. The van der Waals surface area contributed by atoms with Crippen LogP contribution in [-0.4, -0.2) is 39.8 Å². The van der Waals surface area contributed by atoms with Crippen molar-refractivity contribution >= 4 is 11.6 Å². The van der Waals surface area contributed by atoms with Crippen molar-refractivity contribution in [3.05, 3.63) is 90.3 Å². The second-order valence-corrected chi connectivity index (χ2v) is 8.35. The maximum atomic E-state index is 12.8. The predicted octanol–water partition coefficient (Wildman–Crippen LogP) is 4.46. The lowest BCUT2D eigenvalue weighted by Gasteiger charge is -2.33. The molecular formula is C26H28N4O3. The molecule has 3 aromatic heterocycles. The molecule has 0 spiro atoms. The van der Waals surface area contributed by atoms with E-state index in [2.05, 4.69) is 15.2 Å². The lowest BCUT2D eigenvalue weighted by atomic mass is 10.1. The van der Waals surface area contributed by atoms with Gasteiger partial charge in [0.25, 0.3) is 5.91 Å². The maximum Gasteiger partial charge on any atom is 0.251 e. The minimum atomic E-state index is -0.101. The van der Waals surface area contributed by atoms with Gasteiger partial charge in [0.2, 0.25) is 0 Å². The van der Waals surface area contributed by atoms with Crippen LogP contribution >= 0.6 is 0 Å². The molecule has 4 heterocycles. The van der Waals surface area contributed by atoms with E-state index in [9.17, 15) is 4.79 Å². The molecule has 0 radical (unpaired) electrons. The Balaban J connectivity index is 1.17. The van der Waals surface area contributed by atoms with Gasteiger partial charge >= 0.3 is 0 Å². The Hall–Kier alpha value is -3.58. The van der Waals surface area contributed by atoms with E-state index in [0.717, 1.165) is 30.2 Å². The number of likely N-dealkylation sites (tertiary alicyclic amines) is 1. The largest absolute Gasteiger partial charge is 0.487 e. The molecule has 1 aliphatic heterocycles. The summed E-state index contributed by atoms with van der Waals surface area (Å²) in [7, 11) is 0. The molecule has 7 heteroatoms. The number of imidazole rings is 1. The standard InChI is InChI=1S/C26H28N4O3/c31-26(27-17-23(24-7-6-16-32-24)29-13-3-1-4-14-29)20-9-11-22(12-10-20)33-19-21-18-30-15-5-2-8-25(30)28-21/h2,5-12,15-16,18,23H,1,3-4,13-14,17,19H2,(H,27,31). The summed E-state index contributed by atoms with van der Waals surface area (Å²) >= 11 is 0. The molecule has 5 rings (SSSR count). The van der Waals surface area contributed by atoms with Gasteiger partial charge in [-0.3, -0.25) is 9.69 Å². The highest BCUT2D eigenvalue weighted by Crippen LogP contribution is 2.24. The molecule has 0 bridgehead atoms. The van der Waals surface area contributed by atoms with E-state index in [1.807, 2.05) is 59.3 Å². The minimum absolute atomic E-state index is 0.0530. The summed E-state index contributed by atoms with van der Waals surface area (Å²) in [6.45, 7) is 2.94. The average Bonchev–Trinajstić information content (AvgIpc) is 3.54. The minimum Gasteiger partial charge on any atom is -0.487 e. The topological polar surface area (TPSA) is 72.0 Å². The molecule has 170 valence electrons. The van der Waals surface area contributed by atoms with E-state index in [1.165, 1.54) is 19.3 Å². The van der Waals surface area contributed by atoms with Crippen molar-refractivity contribution in [2.45, 2.75) is 31.9 Å². The van der Waals surface area contributed by atoms with Crippen molar-refractivity contribution in [2.75, 3.05) is 19.6 Å². The Bertz CT molecular complexity index is 1140. The first-order valence-corrected chi connectivity index (χ1v) is 11.5. The summed E-state index contributed by atoms with van der Waals surface area (Å²) in [5, 5.41) is 3.08. The van der Waals surface area contributed by atoms with Gasteiger partial charge in [0.15, 0.2) is 0 Å². The van der Waals surface area contributed by atoms with Gasteiger partial charge in [-0.1, -0.05) is 12.5 Å². The van der Waals surface area contributed by atoms with Crippen molar-refractivity contribution < 1.29 is 13.9 Å². The zero-order valence-electron chi connectivity index (χ0n) is 18.5. The number of furan rings is 1. The smallest absolute Gasteiger partial charge is 0.251 e. The van der Waals surface area contributed by atoms with Crippen molar-refractivity contribution in [1.29, 1.82) is 0 Å². The van der Waals surface area contributed by atoms with E-state index in [0.29, 0.717) is 24.5 Å². The average molecular weight is 445 g/mol. The molecule has 7 nitrogen and oxygen atoms in total. The van der Waals surface area contributed by atoms with Crippen molar-refractivity contribution in [2.24, 2.45) is 0 Å². The van der Waals surface area contributed by atoms with Crippen LogP contribution in [0.3, 0.4) is 0 Å². The van der Waals surface area contributed by atoms with Gasteiger partial charge in [-0.25, -0.2) is 4.98 Å². The number of ether oxygens (including phenoxy) is 1. The summed E-state index contributed by atoms with van der Waals surface area (Å²) in [6, 6.07) is 17.0. The van der Waals surface area contributed by atoms with Crippen LogP contribution in [0.15, 0.2) is 77.7 Å². The van der Waals surface area contributed by atoms with E-state index in [-0.39, 0.29) is 11.9 Å². The highest BCUT2D eigenvalue weighted by Gasteiger charge is 2.25. The first kappa shape index (κ1) is 21.3. The molecule has 1 aliphatic rings. The van der Waals surface area contributed by atoms with Crippen LogP contribution in [0.25, 0.3) is 5.65 Å². The third-order valence-electron chi connectivity index (χ3n) is 6.08. The SMILES string of the molecule is O=C(NCC(c1ccco1)N1CCCCC1)c1ccc(OCc2cn3ccccc3n2)cc1. The number of rotatable bonds is 8. The van der Waals surface area contributed by atoms with Crippen LogP contribution in [0, 0.1) is 0 Å². The zero-order chi connectivity index (χ0) is 22.5. The number of benzene rings is 1. The normalized spacial score (nSPS) is 15.4. The lowest BCUT2D eigenvalue weighted by molar-refractivity contribution is 0.0914. The second kappa shape index (κ2) is 9.92. The number of hydrogen-bond donors (Lipinski definition) is 1. The fraction of sp³-hybridized carbons (Fsp3) is 0.308. The molecule has 1 unspecified atom stereocenters. The monoisotopic (exact) mass is 444 g/mol. The van der Waals surface area contributed by atoms with E-state index in [1.54, 1.807) is 18.4 Å². The summed E-state index contributed by atoms with van der Waals surface area (Å²) in [6.07, 6.45) is 9.23. The fourth-order valence-corrected chi connectivity index (χ4v) is 4.33. The molecular weight excluding hydrogens is 416 g/mol. The number of nitrogens with zero attached hydrogens (tertiary/aromatic N) is 3. The van der Waals surface area contributed by atoms with Crippen LogP contribution in [0.1, 0.15) is 47.1 Å². The number of nitrogens with one attached hydrogen (secondary N) is 1. The number of carbonyl (C=O) groups is 1. The lowest BCUT2D eigenvalue weighted by Crippen LogP contribution is -2.40. The molecule has 1 fully saturated rings. The van der Waals surface area contributed by atoms with Gasteiger partial charge in [-0.15, -0.1) is 0 Å². The van der Waals surface area contributed by atoms with E-state index >= 15 is 0 Å². The summed E-state index contributed by atoms with van der Waals surface area (Å²) in [4.78, 5) is 19.7. The number of pyridine rings is 1. The molecule has 1 N–H and O–H groups in total. The highest BCUT2D eigenvalue weighted by atomic mass is 16.5. The van der Waals surface area contributed by atoms with Gasteiger partial charge < -0.3 is 18.9 Å². The molecule has 1 atom stereocenters. The Morgan fingerprint density at radius 1 is 1.06 bits per heavy atom. The van der Waals surface area contributed by atoms with Crippen LogP contribution < -0.4 is 10.1 Å². The third kappa shape index (κ3) is 5.09. The van der Waals surface area contributed by atoms with Crippen LogP contribution in [0.4, 0.5) is 0 Å². The van der Waals surface area contributed by atoms with Gasteiger partial charge in [-0.05, 0) is 74.5 Å². The highest BCUT2D eigenvalue weighted by molar-refractivity contribution is 5.94. The molecule has 1 saturated heterocycles. The first-order chi connectivity index (χ1) is 16.3. The number of aromatic nitrogens is 2. The van der Waals surface area contributed by atoms with E-state index < -0.39 is 0 Å². The number of fused-ring (bicyclic) bond motifs is 1. The predicted molar refractivity (Wildman–Crippen MR) is 125 cm³/mol. The number of amides is 1. The van der Waals surface area contributed by atoms with Crippen LogP contribution in [0.5, 0.6) is 5.75 Å². The Kier molecular flexibility index (Phi) is 6.39. The Morgan fingerprint density at radius 3 is 2.67 bits per heavy atom. The van der Waals surface area contributed by atoms with E-state index in [4.69, 9.17) is 9.15 Å². The van der Waals surface area contributed by atoms with Gasteiger partial charge in [0.05, 0.1) is 18.0 Å². The molecule has 1 aromatic carbocycles. The first-order valence-electron chi connectivity index (χ1n) is 11.5. The zero-order valence-corrected chi connectivity index (χ0v) is 18.5. The number of hydrogen-bond acceptors (Lipinski definition) is 5. The van der Waals surface area contributed by atoms with Gasteiger partial charge in [0, 0.05) is 24.5 Å². The molecule has 33 heavy (non-hydrogen) atoms. The summed E-state index contributed by atoms with van der Waals surface area (Å²) in [5.74, 6) is 1.49. The van der Waals surface area contributed by atoms with Gasteiger partial charge in [-0.2, -0.15) is 0 Å². The number of piperidine rings is 1. The molecule has 4 aromatic rings. The van der Waals surface area contributed by atoms with Crippen molar-refractivity contribution in [3.8, 4) is 5.75 Å². The summed E-state index contributed by atoms with van der Waals surface area (Å²) < 4.78 is 13.5. The Labute approximate surface area is 193 Å². The van der Waals surface area contributed by atoms with Crippen molar-refractivity contribution in [3.63, 3.8) is 0 Å². The van der Waals surface area contributed by atoms with Gasteiger partial charge in [0.1, 0.15) is 23.8 Å². The fourth-order valence-electron chi connectivity index (χ4n) is 4.33. The molecule has 0 aliphatic carbocycles. The van der Waals surface area contributed by atoms with Crippen molar-refractivity contribution in [1.82, 2.24) is 19.6 Å². The number of carbonyl (C=O) groups excluding carboxylic acids is 1. The quantitative estimate of drug-likeness (QED) is 0.434. The molecule has 0 saturated carbocycles.